The van der Waals surface area contributed by atoms with Crippen molar-refractivity contribution in [1.82, 2.24) is 9.80 Å². The van der Waals surface area contributed by atoms with Crippen LogP contribution in [-0.2, 0) is 0 Å². The molecule has 2 aliphatic heterocycles. The largest absolute Gasteiger partial charge is 0.456 e. The van der Waals surface area contributed by atoms with Gasteiger partial charge < -0.3 is 19.7 Å². The number of hydrogen-bond donors (Lipinski definition) is 2. The number of benzene rings is 3. The Morgan fingerprint density at radius 2 is 1.77 bits per heavy atom. The number of piperazine rings is 1. The van der Waals surface area contributed by atoms with Crippen LogP contribution < -0.4 is 10.7 Å². The van der Waals surface area contributed by atoms with Crippen LogP contribution in [0.15, 0.2) is 57.9 Å². The van der Waals surface area contributed by atoms with Gasteiger partial charge in [0.15, 0.2) is 0 Å². The second kappa shape index (κ2) is 11.6. The van der Waals surface area contributed by atoms with Gasteiger partial charge in [0.25, 0.3) is 5.91 Å². The maximum atomic E-state index is 14.0. The summed E-state index contributed by atoms with van der Waals surface area (Å²) < 4.78 is 6.52. The van der Waals surface area contributed by atoms with E-state index < -0.39 is 0 Å². The molecule has 3 aliphatic rings. The lowest BCUT2D eigenvalue weighted by Crippen LogP contribution is -2.49. The van der Waals surface area contributed by atoms with Gasteiger partial charge in [-0.25, -0.2) is 0 Å². The minimum Gasteiger partial charge on any atom is -0.456 e. The highest BCUT2D eigenvalue weighted by atomic mass is 16.3. The number of nitrogens with zero attached hydrogens (tertiary/aromatic N) is 3. The Labute approximate surface area is 230 Å². The Morgan fingerprint density at radius 1 is 1.00 bits per heavy atom. The number of rotatable bonds is 7. The molecule has 5 rings (SSSR count). The molecule has 0 aromatic heterocycles. The number of nitrogens with one attached hydrogen (secondary N) is 1. The Bertz CT molecular complexity index is 1530. The van der Waals surface area contributed by atoms with Crippen LogP contribution in [0.5, 0.6) is 0 Å². The molecular weight excluding hydrogens is 488 g/mol. The molecule has 1 amide bonds. The van der Waals surface area contributed by atoms with Gasteiger partial charge in [-0.3, -0.25) is 14.7 Å². The molecule has 7 heteroatoms. The number of amides is 1. The first-order chi connectivity index (χ1) is 18.9. The third-order valence-corrected chi connectivity index (χ3v) is 7.58. The molecule has 1 aliphatic carbocycles. The number of fused-ring (bicyclic) bond motifs is 2. The monoisotopic (exact) mass is 526 g/mol. The molecule has 2 aromatic carbocycles. The van der Waals surface area contributed by atoms with Crippen molar-refractivity contribution >= 4 is 22.6 Å². The molecule has 0 atom stereocenters. The van der Waals surface area contributed by atoms with Crippen LogP contribution in [0.1, 0.15) is 35.3 Å². The smallest absolute Gasteiger partial charge is 0.254 e. The van der Waals surface area contributed by atoms with Crippen LogP contribution in [0, 0.1) is 13.8 Å². The topological polar surface area (TPSA) is 81.3 Å². The first kappa shape index (κ1) is 26.9. The summed E-state index contributed by atoms with van der Waals surface area (Å²) in [6, 6.07) is 16.3. The van der Waals surface area contributed by atoms with Gasteiger partial charge in [-0.2, -0.15) is 0 Å². The lowest BCUT2D eigenvalue weighted by molar-refractivity contribution is 0.0615. The highest BCUT2D eigenvalue weighted by Crippen LogP contribution is 2.43. The fraction of sp³-hybridized carbons (Fsp3) is 0.375. The molecule has 7 nitrogen and oxygen atoms in total. The maximum absolute atomic E-state index is 14.0. The predicted molar refractivity (Wildman–Crippen MR) is 157 cm³/mol. The van der Waals surface area contributed by atoms with E-state index in [0.29, 0.717) is 31.7 Å². The molecule has 1 saturated heterocycles. The highest BCUT2D eigenvalue weighted by Gasteiger charge is 2.27. The van der Waals surface area contributed by atoms with Crippen LogP contribution in [0.2, 0.25) is 0 Å². The van der Waals surface area contributed by atoms with Crippen LogP contribution in [0.25, 0.3) is 33.4 Å². The first-order valence-electron chi connectivity index (χ1n) is 13.9. The number of aryl methyl sites for hydroxylation is 2. The number of anilines is 1. The summed E-state index contributed by atoms with van der Waals surface area (Å²) in [4.78, 5) is 22.8. The van der Waals surface area contributed by atoms with E-state index in [-0.39, 0.29) is 12.5 Å². The summed E-state index contributed by atoms with van der Waals surface area (Å²) in [7, 11) is 0. The number of hydrogen-bond acceptors (Lipinski definition) is 6. The molecule has 1 fully saturated rings. The van der Waals surface area contributed by atoms with Crippen molar-refractivity contribution in [3.05, 3.63) is 70.6 Å². The molecule has 2 N–H and O–H groups in total. The van der Waals surface area contributed by atoms with E-state index in [1.165, 1.54) is 0 Å². The van der Waals surface area contributed by atoms with Crippen molar-refractivity contribution in [2.24, 2.45) is 4.99 Å². The van der Waals surface area contributed by atoms with E-state index in [0.717, 1.165) is 75.2 Å². The van der Waals surface area contributed by atoms with Gasteiger partial charge in [-0.15, -0.1) is 0 Å². The molecule has 2 heterocycles. The number of aliphatic hydroxyl groups excluding tert-OH is 1. The number of carbonyl (C=O) groups is 1. The normalized spacial score (nSPS) is 14.9. The van der Waals surface area contributed by atoms with Crippen molar-refractivity contribution in [3.63, 3.8) is 0 Å². The average molecular weight is 527 g/mol. The molecule has 39 heavy (non-hydrogen) atoms. The molecule has 0 radical (unpaired) electrons. The SMILES string of the molecule is CC/N=c1\cc2oc3cc(NCC)c(C)cc3c(-c3ccccc3C(=O)N3CCN(CCO)CC3)c-2cc1C. The van der Waals surface area contributed by atoms with Gasteiger partial charge in [0, 0.05) is 85.7 Å². The zero-order valence-electron chi connectivity index (χ0n) is 23.4. The minimum absolute atomic E-state index is 0.0339. The van der Waals surface area contributed by atoms with E-state index in [9.17, 15) is 9.90 Å². The average Bonchev–Trinajstić information content (AvgIpc) is 2.94. The standard InChI is InChI=1S/C32H38N4O3/c1-5-33-27-19-29-25(17-21(27)3)31(26-18-22(4)28(34-6-2)20-30(26)39-29)23-9-7-8-10-24(23)32(38)36-13-11-35(12-14-36)15-16-37/h7-10,17-20,33,37H,5-6,11-16H2,1-4H3/b34-28+. The predicted octanol–water partition coefficient (Wildman–Crippen LogP) is 4.92. The van der Waals surface area contributed by atoms with Crippen LogP contribution in [0.3, 0.4) is 0 Å². The maximum Gasteiger partial charge on any atom is 0.254 e. The molecule has 0 spiro atoms. The van der Waals surface area contributed by atoms with Gasteiger partial charge >= 0.3 is 0 Å². The van der Waals surface area contributed by atoms with Crippen LogP contribution in [-0.4, -0.2) is 73.2 Å². The molecular formula is C32H38N4O3. The van der Waals surface area contributed by atoms with E-state index in [4.69, 9.17) is 4.42 Å². The third-order valence-electron chi connectivity index (χ3n) is 7.58. The van der Waals surface area contributed by atoms with Gasteiger partial charge in [0.1, 0.15) is 11.3 Å². The summed E-state index contributed by atoms with van der Waals surface area (Å²) in [6.07, 6.45) is 0. The quantitative estimate of drug-likeness (QED) is 0.334. The molecule has 0 unspecified atom stereocenters. The van der Waals surface area contributed by atoms with E-state index >= 15 is 0 Å². The third kappa shape index (κ3) is 5.29. The Hall–Kier alpha value is -3.68. The van der Waals surface area contributed by atoms with Crippen LogP contribution >= 0.6 is 0 Å². The number of aliphatic hydroxyl groups is 1. The summed E-state index contributed by atoms with van der Waals surface area (Å²) in [5.41, 5.74) is 7.57. The summed E-state index contributed by atoms with van der Waals surface area (Å²) >= 11 is 0. The van der Waals surface area contributed by atoms with Gasteiger partial charge in [0.05, 0.1) is 12.0 Å². The van der Waals surface area contributed by atoms with Crippen molar-refractivity contribution in [1.29, 1.82) is 0 Å². The highest BCUT2D eigenvalue weighted by molar-refractivity contribution is 6.09. The number of β-amino-alcohol motifs (C(OH)–C–C–N with tert-alkyl or cyclic N) is 1. The summed E-state index contributed by atoms with van der Waals surface area (Å²) in [5, 5.41) is 14.6. The Kier molecular flexibility index (Phi) is 8.00. The van der Waals surface area contributed by atoms with Crippen molar-refractivity contribution < 1.29 is 14.3 Å². The molecule has 2 aromatic rings. The molecule has 204 valence electrons. The minimum atomic E-state index is 0.0339. The van der Waals surface area contributed by atoms with Gasteiger partial charge in [0.2, 0.25) is 0 Å². The second-order valence-electron chi connectivity index (χ2n) is 10.2. The molecule has 0 saturated carbocycles. The van der Waals surface area contributed by atoms with Crippen molar-refractivity contribution in [2.45, 2.75) is 27.7 Å². The summed E-state index contributed by atoms with van der Waals surface area (Å²) in [6.45, 7) is 13.4. The van der Waals surface area contributed by atoms with E-state index in [2.05, 4.69) is 60.2 Å². The number of carbonyl (C=O) groups excluding carboxylic acids is 1. The fourth-order valence-electron chi connectivity index (χ4n) is 5.57. The van der Waals surface area contributed by atoms with Gasteiger partial charge in [-0.05, 0) is 62.6 Å². The molecule has 0 bridgehead atoms. The zero-order chi connectivity index (χ0) is 27.5. The van der Waals surface area contributed by atoms with Crippen molar-refractivity contribution in [3.8, 4) is 22.5 Å². The first-order valence-corrected chi connectivity index (χ1v) is 13.9. The summed E-state index contributed by atoms with van der Waals surface area (Å²) in [5.74, 6) is 0.785. The van der Waals surface area contributed by atoms with Crippen molar-refractivity contribution in [2.75, 3.05) is 57.7 Å². The second-order valence-corrected chi connectivity index (χ2v) is 10.2. The van der Waals surface area contributed by atoms with Gasteiger partial charge in [-0.1, -0.05) is 18.2 Å². The van der Waals surface area contributed by atoms with Crippen LogP contribution in [0.4, 0.5) is 5.69 Å². The lowest BCUT2D eigenvalue weighted by Gasteiger charge is -2.34. The zero-order valence-corrected chi connectivity index (χ0v) is 23.4. The fourth-order valence-corrected chi connectivity index (χ4v) is 5.57. The van der Waals surface area contributed by atoms with E-state index in [1.807, 2.05) is 36.1 Å². The Morgan fingerprint density at radius 3 is 2.49 bits per heavy atom. The van der Waals surface area contributed by atoms with E-state index in [1.54, 1.807) is 0 Å². The lowest BCUT2D eigenvalue weighted by atomic mass is 9.89. The Balaban J connectivity index is 1.72.